The van der Waals surface area contributed by atoms with Crippen molar-refractivity contribution in [3.05, 3.63) is 52.3 Å². The van der Waals surface area contributed by atoms with Gasteiger partial charge in [0, 0.05) is 5.75 Å². The maximum atomic E-state index is 10.7. The third kappa shape index (κ3) is 4.21. The summed E-state index contributed by atoms with van der Waals surface area (Å²) in [4.78, 5) is 10.7. The average Bonchev–Trinajstić information content (AvgIpc) is 2.89. The first kappa shape index (κ1) is 19.5. The molecule has 0 unspecified atom stereocenters. The molecule has 1 heterocycles. The average molecular weight is 414 g/mol. The zero-order valence-electron chi connectivity index (χ0n) is 13.3. The molecule has 0 aliphatic heterocycles. The number of aromatic nitrogens is 3. The molecule has 0 aliphatic rings. The van der Waals surface area contributed by atoms with Gasteiger partial charge in [-0.3, -0.25) is 4.57 Å². The van der Waals surface area contributed by atoms with Crippen LogP contribution in [0.3, 0.4) is 0 Å². The number of rotatable bonds is 5. The summed E-state index contributed by atoms with van der Waals surface area (Å²) in [6.07, 6.45) is 0. The first-order chi connectivity index (χ1) is 11.1. The van der Waals surface area contributed by atoms with E-state index in [4.69, 9.17) is 0 Å². The molecule has 0 amide bonds. The third-order valence-corrected chi connectivity index (χ3v) is 5.08. The number of hydrogen-bond donors (Lipinski definition) is 0. The molecule has 0 bridgehead atoms. The number of carbonyl (C=O) groups is 1. The minimum Gasteiger partial charge on any atom is -0.549 e. The van der Waals surface area contributed by atoms with E-state index in [1.54, 1.807) is 0 Å². The van der Waals surface area contributed by atoms with Crippen molar-refractivity contribution in [2.75, 3.05) is 5.75 Å². The number of aliphatic carboxylic acids is 1. The summed E-state index contributed by atoms with van der Waals surface area (Å²) in [6.45, 7) is 2.64. The largest absolute Gasteiger partial charge is 1.00 e. The first-order valence-corrected chi connectivity index (χ1v) is 8.72. The van der Waals surface area contributed by atoms with Gasteiger partial charge in [-0.15, -0.1) is 10.2 Å². The normalized spacial score (nSPS) is 10.6. The summed E-state index contributed by atoms with van der Waals surface area (Å²) in [5.41, 5.74) is 2.35. The number of halogens is 1. The van der Waals surface area contributed by atoms with Crippen LogP contribution in [0.1, 0.15) is 11.1 Å². The molecule has 0 atom stereocenters. The van der Waals surface area contributed by atoms with Crippen LogP contribution in [-0.2, 0) is 11.3 Å². The fraction of sp³-hybridized carbons (Fsp3) is 0.188. The molecule has 0 saturated heterocycles. The predicted octanol–water partition coefficient (Wildman–Crippen LogP) is -0.603. The second-order valence-corrected chi connectivity index (χ2v) is 6.74. The first-order valence-electron chi connectivity index (χ1n) is 6.95. The summed E-state index contributed by atoms with van der Waals surface area (Å²) in [5, 5.41) is 21.6. The van der Waals surface area contributed by atoms with Gasteiger partial charge in [-0.05, 0) is 44.8 Å². The van der Waals surface area contributed by atoms with Crippen LogP contribution in [0.15, 0.2) is 46.3 Å². The molecule has 8 heteroatoms. The van der Waals surface area contributed by atoms with Crippen molar-refractivity contribution in [2.24, 2.45) is 0 Å². The number of hydrogen-bond acceptors (Lipinski definition) is 5. The quantitative estimate of drug-likeness (QED) is 0.412. The summed E-state index contributed by atoms with van der Waals surface area (Å²) < 4.78 is 2.42. The molecule has 2 aromatic carbocycles. The monoisotopic (exact) mass is 413 g/mol. The molecular formula is C16H13BrN3NaO2S. The summed E-state index contributed by atoms with van der Waals surface area (Å²) in [6, 6.07) is 12.4. The Morgan fingerprint density at radius 3 is 2.62 bits per heavy atom. The Kier molecular flexibility index (Phi) is 6.88. The number of carboxylic acid groups (broad SMARTS) is 1. The van der Waals surface area contributed by atoms with Crippen molar-refractivity contribution >= 4 is 44.4 Å². The Morgan fingerprint density at radius 1 is 1.21 bits per heavy atom. The van der Waals surface area contributed by atoms with Crippen LogP contribution in [0.4, 0.5) is 0 Å². The van der Waals surface area contributed by atoms with E-state index in [0.717, 1.165) is 17.3 Å². The third-order valence-electron chi connectivity index (χ3n) is 3.55. The van der Waals surface area contributed by atoms with Crippen molar-refractivity contribution in [3.63, 3.8) is 0 Å². The fourth-order valence-corrected chi connectivity index (χ4v) is 3.60. The smallest absolute Gasteiger partial charge is 0.549 e. The van der Waals surface area contributed by atoms with Crippen LogP contribution >= 0.6 is 27.7 Å². The molecule has 3 rings (SSSR count). The van der Waals surface area contributed by atoms with Gasteiger partial charge in [0.25, 0.3) is 0 Å². The number of carboxylic acids is 1. The summed E-state index contributed by atoms with van der Waals surface area (Å²) >= 11 is 4.47. The second-order valence-electron chi connectivity index (χ2n) is 5.09. The van der Waals surface area contributed by atoms with Gasteiger partial charge in [-0.1, -0.05) is 48.2 Å². The van der Waals surface area contributed by atoms with Crippen LogP contribution in [-0.4, -0.2) is 26.5 Å². The molecule has 0 spiro atoms. The number of carbonyl (C=O) groups excluding carboxylic acids is 1. The van der Waals surface area contributed by atoms with Crippen LogP contribution in [0, 0.1) is 6.92 Å². The van der Waals surface area contributed by atoms with E-state index in [9.17, 15) is 9.90 Å². The van der Waals surface area contributed by atoms with Crippen LogP contribution in [0.2, 0.25) is 0 Å². The standard InChI is InChI=1S/C16H14BrN3O2S.Na/c1-10-6-7-11(13-5-3-2-4-12(10)13)8-20-15(17)18-19-16(20)23-9-14(21)22;/h2-7H,8-9H2,1H3,(H,21,22);/q;+1/p-1. The van der Waals surface area contributed by atoms with Crippen LogP contribution in [0.25, 0.3) is 10.8 Å². The molecule has 1 aromatic heterocycles. The van der Waals surface area contributed by atoms with E-state index >= 15 is 0 Å². The van der Waals surface area contributed by atoms with Gasteiger partial charge in [-0.2, -0.15) is 0 Å². The Balaban J connectivity index is 0.00000208. The van der Waals surface area contributed by atoms with E-state index in [0.29, 0.717) is 16.4 Å². The molecule has 0 N–H and O–H groups in total. The van der Waals surface area contributed by atoms with Crippen molar-refractivity contribution in [1.29, 1.82) is 0 Å². The maximum absolute atomic E-state index is 10.7. The van der Waals surface area contributed by atoms with Gasteiger partial charge in [0.1, 0.15) is 0 Å². The van der Waals surface area contributed by atoms with E-state index < -0.39 is 5.97 Å². The topological polar surface area (TPSA) is 70.8 Å². The number of thioether (sulfide) groups is 1. The molecule has 118 valence electrons. The van der Waals surface area contributed by atoms with Crippen molar-refractivity contribution in [3.8, 4) is 0 Å². The van der Waals surface area contributed by atoms with E-state index in [-0.39, 0.29) is 35.3 Å². The molecule has 0 aliphatic carbocycles. The Labute approximate surface area is 174 Å². The molecule has 0 saturated carbocycles. The van der Waals surface area contributed by atoms with Gasteiger partial charge < -0.3 is 9.90 Å². The zero-order chi connectivity index (χ0) is 16.4. The summed E-state index contributed by atoms with van der Waals surface area (Å²) in [7, 11) is 0. The van der Waals surface area contributed by atoms with E-state index in [1.807, 2.05) is 16.7 Å². The SMILES string of the molecule is Cc1ccc(Cn2c(Br)nnc2SCC(=O)[O-])c2ccccc12.[Na+]. The van der Waals surface area contributed by atoms with Crippen molar-refractivity contribution in [2.45, 2.75) is 18.6 Å². The minimum absolute atomic E-state index is 0. The molecule has 24 heavy (non-hydrogen) atoms. The predicted molar refractivity (Wildman–Crippen MR) is 91.2 cm³/mol. The van der Waals surface area contributed by atoms with Crippen LogP contribution < -0.4 is 34.7 Å². The molecule has 5 nitrogen and oxygen atoms in total. The molecular weight excluding hydrogens is 401 g/mol. The van der Waals surface area contributed by atoms with Gasteiger partial charge in [0.15, 0.2) is 5.16 Å². The van der Waals surface area contributed by atoms with Gasteiger partial charge >= 0.3 is 29.6 Å². The fourth-order valence-electron chi connectivity index (χ4n) is 2.45. The van der Waals surface area contributed by atoms with Gasteiger partial charge in [0.05, 0.1) is 12.5 Å². The number of nitrogens with zero attached hydrogens (tertiary/aromatic N) is 3. The number of fused-ring (bicyclic) bond motifs is 1. The second kappa shape index (κ2) is 8.49. The van der Waals surface area contributed by atoms with Crippen molar-refractivity contribution < 1.29 is 39.5 Å². The maximum Gasteiger partial charge on any atom is 1.00 e. The molecule has 0 radical (unpaired) electrons. The van der Waals surface area contributed by atoms with Gasteiger partial charge in [-0.25, -0.2) is 0 Å². The van der Waals surface area contributed by atoms with E-state index in [1.165, 1.54) is 16.3 Å². The minimum atomic E-state index is -1.12. The Bertz CT molecular complexity index is 885. The molecule has 3 aromatic rings. The number of aryl methyl sites for hydroxylation is 1. The Morgan fingerprint density at radius 2 is 1.92 bits per heavy atom. The molecule has 0 fully saturated rings. The summed E-state index contributed by atoms with van der Waals surface area (Å²) in [5.74, 6) is -1.28. The van der Waals surface area contributed by atoms with E-state index in [2.05, 4.69) is 57.3 Å². The van der Waals surface area contributed by atoms with Gasteiger partial charge in [0.2, 0.25) is 4.73 Å². The van der Waals surface area contributed by atoms with Crippen LogP contribution in [0.5, 0.6) is 0 Å². The zero-order valence-corrected chi connectivity index (χ0v) is 17.7. The van der Waals surface area contributed by atoms with Crippen molar-refractivity contribution in [1.82, 2.24) is 14.8 Å². The number of benzene rings is 2. The Hall–Kier alpha value is -0.860.